The van der Waals surface area contributed by atoms with Crippen LogP contribution < -0.4 is 0 Å². The summed E-state index contributed by atoms with van der Waals surface area (Å²) in [5.74, 6) is -0.257. The molecule has 0 saturated heterocycles. The van der Waals surface area contributed by atoms with Gasteiger partial charge in [0.2, 0.25) is 0 Å². The monoisotopic (exact) mass is 453 g/mol. The first kappa shape index (κ1) is 26.4. The van der Waals surface area contributed by atoms with E-state index in [2.05, 4.69) is 27.8 Å². The molecule has 0 aliphatic heterocycles. The lowest BCUT2D eigenvalue weighted by Gasteiger charge is -2.04. The van der Waals surface area contributed by atoms with Crippen LogP contribution in [0.25, 0.3) is 0 Å². The zero-order chi connectivity index (χ0) is 21.5. The lowest BCUT2D eigenvalue weighted by molar-refractivity contribution is 0.360. The van der Waals surface area contributed by atoms with E-state index in [1.54, 1.807) is 13.0 Å². The Labute approximate surface area is 178 Å². The summed E-state index contributed by atoms with van der Waals surface area (Å²) in [5.41, 5.74) is 3.85. The standard InChI is InChI=1S/C13H17BrFN.C9H11F.C2H6/c1-4-5-6-10(3)16-13-8-12(15)11(14)7-9(13)2;1-8(10)7-9-5-3-2-4-6-9;1-2/h7-8H,4-6H2,1-3H3;2-6,8H,7H2,1H3;1-2H3. The van der Waals surface area contributed by atoms with Crippen LogP contribution in [0.1, 0.15) is 65.0 Å². The van der Waals surface area contributed by atoms with Crippen LogP contribution in [0.15, 0.2) is 51.9 Å². The molecular formula is C24H34BrF2N. The Morgan fingerprint density at radius 3 is 2.29 bits per heavy atom. The van der Waals surface area contributed by atoms with Gasteiger partial charge in [0.25, 0.3) is 0 Å². The third-order valence-corrected chi connectivity index (χ3v) is 4.41. The minimum Gasteiger partial charge on any atom is -0.258 e. The van der Waals surface area contributed by atoms with Crippen molar-refractivity contribution in [2.45, 2.75) is 73.4 Å². The van der Waals surface area contributed by atoms with E-state index in [0.29, 0.717) is 10.9 Å². The maximum Gasteiger partial charge on any atom is 0.139 e. The van der Waals surface area contributed by atoms with Crippen LogP contribution in [-0.4, -0.2) is 11.9 Å². The molecule has 2 rings (SSSR count). The Hall–Kier alpha value is -1.55. The fourth-order valence-corrected chi connectivity index (χ4v) is 2.85. The smallest absolute Gasteiger partial charge is 0.139 e. The zero-order valence-corrected chi connectivity index (χ0v) is 19.6. The quantitative estimate of drug-likeness (QED) is 0.387. The Morgan fingerprint density at radius 2 is 1.75 bits per heavy atom. The molecular weight excluding hydrogens is 420 g/mol. The van der Waals surface area contributed by atoms with Gasteiger partial charge in [-0.3, -0.25) is 4.99 Å². The number of halogens is 3. The number of benzene rings is 2. The number of alkyl halides is 1. The molecule has 0 spiro atoms. The largest absolute Gasteiger partial charge is 0.258 e. The summed E-state index contributed by atoms with van der Waals surface area (Å²) in [6.07, 6.45) is 3.06. The summed E-state index contributed by atoms with van der Waals surface area (Å²) in [6, 6.07) is 12.9. The highest BCUT2D eigenvalue weighted by atomic mass is 79.9. The highest BCUT2D eigenvalue weighted by molar-refractivity contribution is 9.10. The minimum absolute atomic E-state index is 0.257. The van der Waals surface area contributed by atoms with Crippen LogP contribution in [0.4, 0.5) is 14.5 Å². The molecule has 2 aromatic rings. The summed E-state index contributed by atoms with van der Waals surface area (Å²) in [6.45, 7) is 11.7. The molecule has 0 aliphatic carbocycles. The van der Waals surface area contributed by atoms with Gasteiger partial charge < -0.3 is 0 Å². The number of nitrogens with zero attached hydrogens (tertiary/aromatic N) is 1. The average molecular weight is 454 g/mol. The van der Waals surface area contributed by atoms with Crippen LogP contribution in [-0.2, 0) is 6.42 Å². The van der Waals surface area contributed by atoms with Crippen molar-refractivity contribution in [1.82, 2.24) is 0 Å². The van der Waals surface area contributed by atoms with Gasteiger partial charge in [-0.2, -0.15) is 0 Å². The van der Waals surface area contributed by atoms with E-state index in [1.165, 1.54) is 6.07 Å². The van der Waals surface area contributed by atoms with Crippen LogP contribution in [0.5, 0.6) is 0 Å². The first-order chi connectivity index (χ1) is 13.3. The molecule has 4 heteroatoms. The molecule has 0 aromatic heterocycles. The molecule has 0 heterocycles. The predicted molar refractivity (Wildman–Crippen MR) is 123 cm³/mol. The van der Waals surface area contributed by atoms with E-state index < -0.39 is 6.17 Å². The van der Waals surface area contributed by atoms with Crippen molar-refractivity contribution in [3.63, 3.8) is 0 Å². The van der Waals surface area contributed by atoms with Crippen LogP contribution >= 0.6 is 15.9 Å². The van der Waals surface area contributed by atoms with Gasteiger partial charge in [-0.15, -0.1) is 0 Å². The number of aryl methyl sites for hydroxylation is 1. The number of rotatable bonds is 6. The maximum atomic E-state index is 13.3. The summed E-state index contributed by atoms with van der Waals surface area (Å²) in [7, 11) is 0. The van der Waals surface area contributed by atoms with Crippen molar-refractivity contribution in [1.29, 1.82) is 0 Å². The van der Waals surface area contributed by atoms with Gasteiger partial charge >= 0.3 is 0 Å². The molecule has 0 N–H and O–H groups in total. The van der Waals surface area contributed by atoms with Crippen LogP contribution in [0, 0.1) is 12.7 Å². The molecule has 0 saturated carbocycles. The van der Waals surface area contributed by atoms with E-state index in [9.17, 15) is 8.78 Å². The topological polar surface area (TPSA) is 12.4 Å². The van der Waals surface area contributed by atoms with Crippen LogP contribution in [0.2, 0.25) is 0 Å². The maximum absolute atomic E-state index is 13.3. The summed E-state index contributed by atoms with van der Waals surface area (Å²) in [5, 5.41) is 0. The summed E-state index contributed by atoms with van der Waals surface area (Å²) < 4.78 is 26.2. The molecule has 0 amide bonds. The van der Waals surface area contributed by atoms with Gasteiger partial charge in [-0.25, -0.2) is 8.78 Å². The van der Waals surface area contributed by atoms with Crippen molar-refractivity contribution < 1.29 is 8.78 Å². The second-order valence-corrected chi connectivity index (χ2v) is 7.33. The second kappa shape index (κ2) is 15.4. The molecule has 0 fully saturated rings. The highest BCUT2D eigenvalue weighted by Crippen LogP contribution is 2.26. The number of hydrogen-bond donors (Lipinski definition) is 0. The molecule has 0 aliphatic rings. The fraction of sp³-hybridized carbons (Fsp3) is 0.458. The summed E-state index contributed by atoms with van der Waals surface area (Å²) in [4.78, 5) is 4.45. The van der Waals surface area contributed by atoms with Crippen molar-refractivity contribution >= 4 is 27.3 Å². The molecule has 2 aromatic carbocycles. The molecule has 0 radical (unpaired) electrons. The van der Waals surface area contributed by atoms with Gasteiger partial charge in [-0.05, 0) is 66.7 Å². The first-order valence-electron chi connectivity index (χ1n) is 10.0. The van der Waals surface area contributed by atoms with Gasteiger partial charge in [0.15, 0.2) is 0 Å². The first-order valence-corrected chi connectivity index (χ1v) is 10.8. The van der Waals surface area contributed by atoms with Crippen LogP contribution in [0.3, 0.4) is 0 Å². The van der Waals surface area contributed by atoms with E-state index >= 15 is 0 Å². The molecule has 28 heavy (non-hydrogen) atoms. The Balaban J connectivity index is 0.000000520. The third kappa shape index (κ3) is 11.3. The number of aliphatic imine (C=N–C) groups is 1. The SMILES string of the molecule is CC.CC(F)Cc1ccccc1.CCCCC(C)=Nc1cc(F)c(Br)cc1C. The average Bonchev–Trinajstić information content (AvgIpc) is 2.67. The molecule has 156 valence electrons. The Bertz CT molecular complexity index is 697. The van der Waals surface area contributed by atoms with E-state index in [0.717, 1.165) is 41.8 Å². The van der Waals surface area contributed by atoms with Crippen molar-refractivity contribution in [3.05, 3.63) is 63.9 Å². The number of hydrogen-bond acceptors (Lipinski definition) is 1. The van der Waals surface area contributed by atoms with Crippen molar-refractivity contribution in [3.8, 4) is 0 Å². The molecule has 0 bridgehead atoms. The van der Waals surface area contributed by atoms with E-state index in [4.69, 9.17) is 0 Å². The van der Waals surface area contributed by atoms with Crippen molar-refractivity contribution in [2.75, 3.05) is 0 Å². The Morgan fingerprint density at radius 1 is 1.14 bits per heavy atom. The summed E-state index contributed by atoms with van der Waals surface area (Å²) >= 11 is 3.16. The second-order valence-electron chi connectivity index (χ2n) is 6.47. The fourth-order valence-electron chi connectivity index (χ4n) is 2.39. The Kier molecular flexibility index (Phi) is 14.5. The van der Waals surface area contributed by atoms with Gasteiger partial charge in [0.1, 0.15) is 12.0 Å². The molecule has 1 nitrogen and oxygen atoms in total. The zero-order valence-electron chi connectivity index (χ0n) is 18.0. The van der Waals surface area contributed by atoms with E-state index in [1.807, 2.05) is 58.0 Å². The normalized spacial score (nSPS) is 11.7. The van der Waals surface area contributed by atoms with Gasteiger partial charge in [-0.1, -0.05) is 57.5 Å². The number of unbranched alkanes of at least 4 members (excludes halogenated alkanes) is 1. The third-order valence-electron chi connectivity index (χ3n) is 3.80. The van der Waals surface area contributed by atoms with Gasteiger partial charge in [0, 0.05) is 18.2 Å². The predicted octanol–water partition coefficient (Wildman–Crippen LogP) is 8.79. The lowest BCUT2D eigenvalue weighted by Crippen LogP contribution is -1.97. The molecule has 1 unspecified atom stereocenters. The minimum atomic E-state index is -0.734. The van der Waals surface area contributed by atoms with E-state index in [-0.39, 0.29) is 5.82 Å². The van der Waals surface area contributed by atoms with Gasteiger partial charge in [0.05, 0.1) is 10.2 Å². The van der Waals surface area contributed by atoms with Crippen molar-refractivity contribution in [2.24, 2.45) is 4.99 Å². The highest BCUT2D eigenvalue weighted by Gasteiger charge is 2.04. The molecule has 1 atom stereocenters. The lowest BCUT2D eigenvalue weighted by atomic mass is 10.1.